The lowest BCUT2D eigenvalue weighted by atomic mass is 10.2. The summed E-state index contributed by atoms with van der Waals surface area (Å²) in [6.45, 7) is 3.67. The first-order chi connectivity index (χ1) is 8.41. The minimum atomic E-state index is -0.914. The Balaban J connectivity index is 2.64. The Labute approximate surface area is 118 Å². The number of nitrogens with zero attached hydrogens (tertiary/aromatic N) is 1. The van der Waals surface area contributed by atoms with Crippen LogP contribution >= 0.6 is 27.5 Å². The van der Waals surface area contributed by atoms with Gasteiger partial charge in [0, 0.05) is 21.5 Å². The van der Waals surface area contributed by atoms with Crippen molar-refractivity contribution >= 4 is 33.5 Å². The van der Waals surface area contributed by atoms with Crippen molar-refractivity contribution in [3.63, 3.8) is 0 Å². The standard InChI is InChI=1S/C13H11BrClNO2/c1-7-5-10(13(17)18)8(2)16(7)9-3-4-12(15)11(14)6-9/h3-6H,1-2H3,(H,17,18). The smallest absolute Gasteiger partial charge is 0.337 e. The predicted molar refractivity (Wildman–Crippen MR) is 74.9 cm³/mol. The molecule has 3 nitrogen and oxygen atoms in total. The number of carbonyl (C=O) groups is 1. The molecule has 18 heavy (non-hydrogen) atoms. The maximum atomic E-state index is 11.1. The molecule has 0 spiro atoms. The van der Waals surface area contributed by atoms with E-state index in [4.69, 9.17) is 16.7 Å². The second-order valence-corrected chi connectivity index (χ2v) is 5.29. The number of aromatic carboxylic acids is 1. The monoisotopic (exact) mass is 327 g/mol. The maximum Gasteiger partial charge on any atom is 0.337 e. The van der Waals surface area contributed by atoms with E-state index in [-0.39, 0.29) is 0 Å². The number of hydrogen-bond acceptors (Lipinski definition) is 1. The molecule has 0 fully saturated rings. The van der Waals surface area contributed by atoms with Gasteiger partial charge in [-0.2, -0.15) is 0 Å². The number of carboxylic acid groups (broad SMARTS) is 1. The van der Waals surface area contributed by atoms with E-state index in [0.29, 0.717) is 16.3 Å². The molecular formula is C13H11BrClNO2. The molecule has 5 heteroatoms. The fourth-order valence-electron chi connectivity index (χ4n) is 2.00. The Morgan fingerprint density at radius 2 is 2.00 bits per heavy atom. The zero-order valence-electron chi connectivity index (χ0n) is 9.87. The molecule has 0 aliphatic carbocycles. The molecule has 0 bridgehead atoms. The maximum absolute atomic E-state index is 11.1. The van der Waals surface area contributed by atoms with Crippen LogP contribution in [-0.2, 0) is 0 Å². The van der Waals surface area contributed by atoms with Crippen LogP contribution < -0.4 is 0 Å². The van der Waals surface area contributed by atoms with E-state index < -0.39 is 5.97 Å². The average molecular weight is 329 g/mol. The molecule has 0 aliphatic heterocycles. The van der Waals surface area contributed by atoms with Gasteiger partial charge in [0.2, 0.25) is 0 Å². The van der Waals surface area contributed by atoms with E-state index in [1.54, 1.807) is 19.1 Å². The number of benzene rings is 1. The van der Waals surface area contributed by atoms with E-state index in [9.17, 15) is 4.79 Å². The van der Waals surface area contributed by atoms with Crippen LogP contribution in [0, 0.1) is 13.8 Å². The topological polar surface area (TPSA) is 42.2 Å². The van der Waals surface area contributed by atoms with Crippen LogP contribution in [-0.4, -0.2) is 15.6 Å². The highest BCUT2D eigenvalue weighted by molar-refractivity contribution is 9.10. The molecule has 0 radical (unpaired) electrons. The lowest BCUT2D eigenvalue weighted by Crippen LogP contribution is -2.02. The van der Waals surface area contributed by atoms with Gasteiger partial charge in [-0.05, 0) is 54.0 Å². The van der Waals surface area contributed by atoms with Crippen molar-refractivity contribution in [1.82, 2.24) is 4.57 Å². The van der Waals surface area contributed by atoms with Gasteiger partial charge in [0.05, 0.1) is 10.6 Å². The number of halogens is 2. The first-order valence-corrected chi connectivity index (χ1v) is 6.46. The van der Waals surface area contributed by atoms with Crippen LogP contribution in [0.4, 0.5) is 0 Å². The molecule has 0 atom stereocenters. The molecule has 2 rings (SSSR count). The third-order valence-corrected chi connectivity index (χ3v) is 4.04. The first kappa shape index (κ1) is 13.2. The molecule has 1 aromatic carbocycles. The number of aryl methyl sites for hydroxylation is 1. The highest BCUT2D eigenvalue weighted by Crippen LogP contribution is 2.27. The van der Waals surface area contributed by atoms with E-state index in [1.807, 2.05) is 23.6 Å². The van der Waals surface area contributed by atoms with Crippen LogP contribution in [0.25, 0.3) is 5.69 Å². The first-order valence-electron chi connectivity index (χ1n) is 5.29. The number of aromatic nitrogens is 1. The molecule has 1 aromatic heterocycles. The van der Waals surface area contributed by atoms with E-state index in [0.717, 1.165) is 15.9 Å². The fraction of sp³-hybridized carbons (Fsp3) is 0.154. The van der Waals surface area contributed by atoms with E-state index in [2.05, 4.69) is 15.9 Å². The summed E-state index contributed by atoms with van der Waals surface area (Å²) < 4.78 is 2.68. The van der Waals surface area contributed by atoms with E-state index >= 15 is 0 Å². The molecule has 2 aromatic rings. The van der Waals surface area contributed by atoms with Crippen LogP contribution in [0.15, 0.2) is 28.7 Å². The number of hydrogen-bond donors (Lipinski definition) is 1. The lowest BCUT2D eigenvalue weighted by molar-refractivity contribution is 0.0696. The summed E-state index contributed by atoms with van der Waals surface area (Å²) in [6, 6.07) is 7.17. The van der Waals surface area contributed by atoms with Crippen molar-refractivity contribution in [2.24, 2.45) is 0 Å². The summed E-state index contributed by atoms with van der Waals surface area (Å²) in [5.74, 6) is -0.914. The fourth-order valence-corrected chi connectivity index (χ4v) is 2.49. The zero-order chi connectivity index (χ0) is 13.4. The summed E-state index contributed by atoms with van der Waals surface area (Å²) in [5, 5.41) is 9.73. The number of rotatable bonds is 2. The average Bonchev–Trinajstić information content (AvgIpc) is 2.59. The molecule has 1 N–H and O–H groups in total. The summed E-state index contributed by atoms with van der Waals surface area (Å²) in [5.41, 5.74) is 2.78. The molecule has 0 unspecified atom stereocenters. The Morgan fingerprint density at radius 3 is 2.50 bits per heavy atom. The Hall–Kier alpha value is -1.26. The molecule has 0 amide bonds. The van der Waals surface area contributed by atoms with Gasteiger partial charge in [-0.3, -0.25) is 0 Å². The second kappa shape index (κ2) is 4.78. The lowest BCUT2D eigenvalue weighted by Gasteiger charge is -2.10. The van der Waals surface area contributed by atoms with Crippen LogP contribution in [0.5, 0.6) is 0 Å². The van der Waals surface area contributed by atoms with Gasteiger partial charge in [0.1, 0.15) is 0 Å². The summed E-state index contributed by atoms with van der Waals surface area (Å²) in [6.07, 6.45) is 0. The van der Waals surface area contributed by atoms with Gasteiger partial charge in [0.15, 0.2) is 0 Å². The molecule has 0 aliphatic rings. The Morgan fingerprint density at radius 1 is 1.33 bits per heavy atom. The molecular weight excluding hydrogens is 318 g/mol. The van der Waals surface area contributed by atoms with Crippen molar-refractivity contribution < 1.29 is 9.90 Å². The highest BCUT2D eigenvalue weighted by Gasteiger charge is 2.15. The van der Waals surface area contributed by atoms with Crippen LogP contribution in [0.1, 0.15) is 21.7 Å². The van der Waals surface area contributed by atoms with Gasteiger partial charge in [-0.1, -0.05) is 11.6 Å². The van der Waals surface area contributed by atoms with Gasteiger partial charge < -0.3 is 9.67 Å². The molecule has 0 saturated carbocycles. The quantitative estimate of drug-likeness (QED) is 0.897. The molecule has 94 valence electrons. The third-order valence-electron chi connectivity index (χ3n) is 2.82. The SMILES string of the molecule is Cc1cc(C(=O)O)c(C)n1-c1ccc(Cl)c(Br)c1. The predicted octanol–water partition coefficient (Wildman–Crippen LogP) is 4.21. The van der Waals surface area contributed by atoms with Crippen molar-refractivity contribution in [2.45, 2.75) is 13.8 Å². The summed E-state index contributed by atoms with van der Waals surface area (Å²) >= 11 is 9.32. The minimum Gasteiger partial charge on any atom is -0.478 e. The Bertz CT molecular complexity index is 634. The van der Waals surface area contributed by atoms with Gasteiger partial charge in [0.25, 0.3) is 0 Å². The molecule has 0 saturated heterocycles. The summed E-state index contributed by atoms with van der Waals surface area (Å²) in [7, 11) is 0. The summed E-state index contributed by atoms with van der Waals surface area (Å²) in [4.78, 5) is 11.1. The van der Waals surface area contributed by atoms with Crippen LogP contribution in [0.3, 0.4) is 0 Å². The second-order valence-electron chi connectivity index (χ2n) is 4.02. The zero-order valence-corrected chi connectivity index (χ0v) is 12.2. The normalized spacial score (nSPS) is 10.7. The van der Waals surface area contributed by atoms with Crippen molar-refractivity contribution in [3.05, 3.63) is 50.7 Å². The highest BCUT2D eigenvalue weighted by atomic mass is 79.9. The minimum absolute atomic E-state index is 0.318. The largest absolute Gasteiger partial charge is 0.478 e. The van der Waals surface area contributed by atoms with Gasteiger partial charge >= 0.3 is 5.97 Å². The Kier molecular flexibility index (Phi) is 3.50. The molecule has 1 heterocycles. The van der Waals surface area contributed by atoms with Crippen molar-refractivity contribution in [3.8, 4) is 5.69 Å². The van der Waals surface area contributed by atoms with Crippen molar-refractivity contribution in [1.29, 1.82) is 0 Å². The number of carboxylic acids is 1. The van der Waals surface area contributed by atoms with Crippen molar-refractivity contribution in [2.75, 3.05) is 0 Å². The van der Waals surface area contributed by atoms with Crippen LogP contribution in [0.2, 0.25) is 5.02 Å². The van der Waals surface area contributed by atoms with E-state index in [1.165, 1.54) is 0 Å². The van der Waals surface area contributed by atoms with Gasteiger partial charge in [-0.15, -0.1) is 0 Å². The third kappa shape index (κ3) is 2.18. The van der Waals surface area contributed by atoms with Gasteiger partial charge in [-0.25, -0.2) is 4.79 Å².